The van der Waals surface area contributed by atoms with Crippen LogP contribution in [0.5, 0.6) is 0 Å². The molecule has 0 bridgehead atoms. The standard InChI is InChI=1S/C23H27NO3Si/c1-5-18-16-22(27-24-18)21(25)17-26-28(23(2,3)4,19-12-8-6-9-13-19)20-14-10-7-11-15-20/h1,6-15,21-22,25H,16-17H2,2-4H3/t21-,22?/m0/s1. The molecule has 1 aliphatic heterocycles. The largest absolute Gasteiger partial charge is 0.405 e. The highest BCUT2D eigenvalue weighted by Crippen LogP contribution is 2.37. The van der Waals surface area contributed by atoms with E-state index >= 15 is 0 Å². The molecule has 5 heteroatoms. The van der Waals surface area contributed by atoms with E-state index in [9.17, 15) is 5.11 Å². The summed E-state index contributed by atoms with van der Waals surface area (Å²) in [5.41, 5.74) is 0.523. The number of benzene rings is 2. The van der Waals surface area contributed by atoms with Gasteiger partial charge in [0.15, 0.2) is 6.10 Å². The van der Waals surface area contributed by atoms with E-state index in [1.807, 2.05) is 36.4 Å². The Morgan fingerprint density at radius 2 is 1.68 bits per heavy atom. The Morgan fingerprint density at radius 3 is 2.11 bits per heavy atom. The average Bonchev–Trinajstić information content (AvgIpc) is 3.18. The van der Waals surface area contributed by atoms with Crippen LogP contribution >= 0.6 is 0 Å². The second-order valence-electron chi connectivity index (χ2n) is 8.07. The minimum absolute atomic E-state index is 0.146. The molecule has 0 aromatic heterocycles. The number of nitrogens with zero attached hydrogens (tertiary/aromatic N) is 1. The highest BCUT2D eigenvalue weighted by Gasteiger charge is 2.50. The van der Waals surface area contributed by atoms with Gasteiger partial charge in [0.2, 0.25) is 0 Å². The first-order valence-corrected chi connectivity index (χ1v) is 11.4. The van der Waals surface area contributed by atoms with Crippen molar-refractivity contribution >= 4 is 24.4 Å². The topological polar surface area (TPSA) is 51.0 Å². The number of aliphatic hydroxyl groups is 1. The molecule has 0 saturated heterocycles. The molecule has 0 spiro atoms. The molecule has 0 fully saturated rings. The molecule has 0 aliphatic carbocycles. The van der Waals surface area contributed by atoms with Gasteiger partial charge < -0.3 is 14.4 Å². The van der Waals surface area contributed by atoms with Crippen molar-refractivity contribution in [1.82, 2.24) is 0 Å². The predicted molar refractivity (Wildman–Crippen MR) is 115 cm³/mol. The molecule has 0 amide bonds. The first-order chi connectivity index (χ1) is 13.4. The monoisotopic (exact) mass is 393 g/mol. The lowest BCUT2D eigenvalue weighted by Crippen LogP contribution is -2.67. The maximum atomic E-state index is 10.7. The summed E-state index contributed by atoms with van der Waals surface area (Å²) >= 11 is 0. The van der Waals surface area contributed by atoms with Crippen LogP contribution in [0.25, 0.3) is 0 Å². The molecule has 28 heavy (non-hydrogen) atoms. The molecule has 1 unspecified atom stereocenters. The molecule has 3 rings (SSSR count). The zero-order chi connectivity index (χ0) is 20.2. The second-order valence-corrected chi connectivity index (χ2v) is 12.4. The second kappa shape index (κ2) is 8.32. The van der Waals surface area contributed by atoms with Gasteiger partial charge in [-0.2, -0.15) is 0 Å². The Kier molecular flexibility index (Phi) is 6.04. The van der Waals surface area contributed by atoms with Gasteiger partial charge in [0.25, 0.3) is 8.32 Å². The van der Waals surface area contributed by atoms with Gasteiger partial charge >= 0.3 is 0 Å². The third kappa shape index (κ3) is 3.90. The first-order valence-electron chi connectivity index (χ1n) is 9.51. The Hall–Kier alpha value is -2.39. The van der Waals surface area contributed by atoms with Crippen LogP contribution in [0.4, 0.5) is 0 Å². The van der Waals surface area contributed by atoms with Gasteiger partial charge in [0.1, 0.15) is 11.8 Å². The zero-order valence-electron chi connectivity index (χ0n) is 16.6. The third-order valence-corrected chi connectivity index (χ3v) is 10.2. The van der Waals surface area contributed by atoms with E-state index in [0.29, 0.717) is 12.1 Å². The quantitative estimate of drug-likeness (QED) is 0.606. The van der Waals surface area contributed by atoms with Crippen LogP contribution in [0, 0.1) is 12.3 Å². The summed E-state index contributed by atoms with van der Waals surface area (Å²) in [7, 11) is -2.68. The minimum atomic E-state index is -2.68. The number of oxime groups is 1. The molecule has 1 heterocycles. The van der Waals surface area contributed by atoms with Crippen molar-refractivity contribution in [3.63, 3.8) is 0 Å². The normalized spacial score (nSPS) is 18.1. The van der Waals surface area contributed by atoms with Crippen LogP contribution in [0.2, 0.25) is 5.04 Å². The van der Waals surface area contributed by atoms with E-state index in [1.54, 1.807) is 0 Å². The molecule has 4 nitrogen and oxygen atoms in total. The first kappa shape index (κ1) is 20.3. The van der Waals surface area contributed by atoms with Crippen LogP contribution < -0.4 is 10.4 Å². The van der Waals surface area contributed by atoms with Crippen molar-refractivity contribution in [2.24, 2.45) is 5.16 Å². The maximum Gasteiger partial charge on any atom is 0.261 e. The molecule has 0 saturated carbocycles. The van der Waals surface area contributed by atoms with E-state index in [4.69, 9.17) is 15.7 Å². The van der Waals surface area contributed by atoms with E-state index in [-0.39, 0.29) is 11.6 Å². The highest BCUT2D eigenvalue weighted by atomic mass is 28.4. The fraction of sp³-hybridized carbons (Fsp3) is 0.348. The summed E-state index contributed by atoms with van der Waals surface area (Å²) in [5.74, 6) is 2.48. The number of terminal acetylenes is 1. The molecular weight excluding hydrogens is 366 g/mol. The van der Waals surface area contributed by atoms with Gasteiger partial charge in [-0.15, -0.1) is 6.42 Å². The third-order valence-electron chi connectivity index (χ3n) is 5.18. The lowest BCUT2D eigenvalue weighted by Gasteiger charge is -2.43. The van der Waals surface area contributed by atoms with Crippen LogP contribution in [0.3, 0.4) is 0 Å². The molecule has 2 aromatic rings. The molecule has 0 radical (unpaired) electrons. The van der Waals surface area contributed by atoms with Crippen molar-refractivity contribution in [2.75, 3.05) is 6.61 Å². The van der Waals surface area contributed by atoms with Crippen molar-refractivity contribution in [3.05, 3.63) is 60.7 Å². The summed E-state index contributed by atoms with van der Waals surface area (Å²) in [4.78, 5) is 5.31. The Morgan fingerprint density at radius 1 is 1.14 bits per heavy atom. The van der Waals surface area contributed by atoms with Gasteiger partial charge in [0, 0.05) is 6.42 Å². The van der Waals surface area contributed by atoms with Crippen molar-refractivity contribution in [1.29, 1.82) is 0 Å². The van der Waals surface area contributed by atoms with Gasteiger partial charge in [0.05, 0.1) is 6.61 Å². The predicted octanol–water partition coefficient (Wildman–Crippen LogP) is 2.70. The van der Waals surface area contributed by atoms with Crippen LogP contribution in [-0.4, -0.2) is 38.0 Å². The number of aliphatic hydroxyl groups excluding tert-OH is 1. The van der Waals surface area contributed by atoms with Crippen molar-refractivity contribution in [2.45, 2.75) is 44.4 Å². The smallest absolute Gasteiger partial charge is 0.261 e. The van der Waals surface area contributed by atoms with Crippen molar-refractivity contribution in [3.8, 4) is 12.3 Å². The minimum Gasteiger partial charge on any atom is -0.405 e. The van der Waals surface area contributed by atoms with Gasteiger partial charge in [-0.25, -0.2) is 0 Å². The summed E-state index contributed by atoms with van der Waals surface area (Å²) in [6.45, 7) is 6.77. The maximum absolute atomic E-state index is 10.7. The van der Waals surface area contributed by atoms with Crippen LogP contribution in [0.15, 0.2) is 65.8 Å². The molecule has 2 atom stereocenters. The summed E-state index contributed by atoms with van der Waals surface area (Å²) in [6, 6.07) is 20.7. The lowest BCUT2D eigenvalue weighted by atomic mass is 10.1. The van der Waals surface area contributed by atoms with Crippen LogP contribution in [0.1, 0.15) is 27.2 Å². The van der Waals surface area contributed by atoms with Gasteiger partial charge in [-0.05, 0) is 15.4 Å². The van der Waals surface area contributed by atoms with E-state index in [0.717, 1.165) is 0 Å². The number of hydrogen-bond donors (Lipinski definition) is 1. The molecule has 1 N–H and O–H groups in total. The summed E-state index contributed by atoms with van der Waals surface area (Å²) < 4.78 is 6.72. The van der Waals surface area contributed by atoms with E-state index in [2.05, 4.69) is 56.1 Å². The molecule has 2 aromatic carbocycles. The van der Waals surface area contributed by atoms with E-state index in [1.165, 1.54) is 10.4 Å². The summed E-state index contributed by atoms with van der Waals surface area (Å²) in [6.07, 6.45) is 4.54. The van der Waals surface area contributed by atoms with E-state index < -0.39 is 20.5 Å². The molecular formula is C23H27NO3Si. The Labute approximate surface area is 168 Å². The summed E-state index contributed by atoms with van der Waals surface area (Å²) in [5, 5.41) is 16.8. The number of hydrogen-bond acceptors (Lipinski definition) is 4. The molecule has 146 valence electrons. The van der Waals surface area contributed by atoms with Crippen molar-refractivity contribution < 1.29 is 14.4 Å². The van der Waals surface area contributed by atoms with Gasteiger partial charge in [-0.1, -0.05) is 92.5 Å². The Balaban J connectivity index is 1.94. The average molecular weight is 394 g/mol. The fourth-order valence-electron chi connectivity index (χ4n) is 3.77. The highest BCUT2D eigenvalue weighted by molar-refractivity contribution is 6.99. The Bertz CT molecular complexity index is 813. The lowest BCUT2D eigenvalue weighted by molar-refractivity contribution is -0.0376. The molecule has 1 aliphatic rings. The zero-order valence-corrected chi connectivity index (χ0v) is 17.6. The van der Waals surface area contributed by atoms with Crippen LogP contribution in [-0.2, 0) is 9.26 Å². The SMILES string of the molecule is C#CC1=NOC([C@@H](O)CO[Si](c2ccccc2)(c2ccccc2)C(C)(C)C)C1. The number of rotatable bonds is 6. The fourth-order valence-corrected chi connectivity index (χ4v) is 8.34. The van der Waals surface area contributed by atoms with Gasteiger partial charge in [-0.3, -0.25) is 0 Å².